The summed E-state index contributed by atoms with van der Waals surface area (Å²) in [4.78, 5) is 12.8. The van der Waals surface area contributed by atoms with Crippen LogP contribution in [0.3, 0.4) is 0 Å². The number of ether oxygens (including phenoxy) is 3. The van der Waals surface area contributed by atoms with E-state index in [2.05, 4.69) is 15.9 Å². The summed E-state index contributed by atoms with van der Waals surface area (Å²) in [6.07, 6.45) is 0. The molecule has 0 saturated carbocycles. The molecule has 7 heteroatoms. The monoisotopic (exact) mass is 464 g/mol. The first-order chi connectivity index (χ1) is 13.5. The molecule has 3 rings (SSSR count). The van der Waals surface area contributed by atoms with Crippen LogP contribution in [0.1, 0.15) is 24.2 Å². The molecule has 5 nitrogen and oxygen atoms in total. The van der Waals surface area contributed by atoms with Crippen LogP contribution in [0, 0.1) is 0 Å². The van der Waals surface area contributed by atoms with Crippen molar-refractivity contribution < 1.29 is 24.1 Å². The molecule has 0 radical (unpaired) electrons. The minimum absolute atomic E-state index is 0.108. The summed E-state index contributed by atoms with van der Waals surface area (Å²) < 4.78 is 17.8. The van der Waals surface area contributed by atoms with Gasteiger partial charge in [0.25, 0.3) is 0 Å². The van der Waals surface area contributed by atoms with Gasteiger partial charge >= 0.3 is 5.97 Å². The average Bonchev–Trinajstić information content (AvgIpc) is 2.68. The number of rotatable bonds is 6. The van der Waals surface area contributed by atoms with Crippen molar-refractivity contribution in [3.63, 3.8) is 0 Å². The van der Waals surface area contributed by atoms with Crippen molar-refractivity contribution in [2.75, 3.05) is 13.2 Å². The van der Waals surface area contributed by atoms with Crippen molar-refractivity contribution in [2.45, 2.75) is 13.8 Å². The molecule has 0 spiro atoms. The van der Waals surface area contributed by atoms with E-state index >= 15 is 0 Å². The number of phenolic OH excluding ortho intramolecular Hbond substituents is 1. The van der Waals surface area contributed by atoms with Crippen LogP contribution < -0.4 is 14.2 Å². The molecule has 0 unspecified atom stereocenters. The molecule has 1 N–H and O–H groups in total. The number of carbonyl (C=O) groups is 1. The number of halogens is 2. The molecule has 0 aliphatic carbocycles. The van der Waals surface area contributed by atoms with Gasteiger partial charge in [0, 0.05) is 20.3 Å². The van der Waals surface area contributed by atoms with Crippen LogP contribution in [-0.4, -0.2) is 24.3 Å². The first kappa shape index (κ1) is 20.3. The molecule has 3 aromatic rings. The largest absolute Gasteiger partial charge is 0.504 e. The summed E-state index contributed by atoms with van der Waals surface area (Å²) in [5.74, 6) is -0.243. The maximum Gasteiger partial charge on any atom is 0.343 e. The van der Waals surface area contributed by atoms with E-state index < -0.39 is 5.97 Å². The number of esters is 1. The summed E-state index contributed by atoms with van der Waals surface area (Å²) >= 11 is 9.44. The molecule has 28 heavy (non-hydrogen) atoms. The Morgan fingerprint density at radius 3 is 2.39 bits per heavy atom. The van der Waals surface area contributed by atoms with E-state index in [1.165, 1.54) is 0 Å². The molecule has 3 aromatic carbocycles. The van der Waals surface area contributed by atoms with E-state index in [0.717, 1.165) is 4.47 Å². The van der Waals surface area contributed by atoms with Gasteiger partial charge in [0.2, 0.25) is 11.5 Å². The van der Waals surface area contributed by atoms with Crippen molar-refractivity contribution >= 4 is 44.3 Å². The number of fused-ring (bicyclic) bond motifs is 1. The van der Waals surface area contributed by atoms with E-state index in [0.29, 0.717) is 34.6 Å². The van der Waals surface area contributed by atoms with Crippen LogP contribution in [-0.2, 0) is 0 Å². The van der Waals surface area contributed by atoms with Gasteiger partial charge in [-0.05, 0) is 50.2 Å². The topological polar surface area (TPSA) is 65.0 Å². The second kappa shape index (κ2) is 8.71. The third-order valence-corrected chi connectivity index (χ3v) is 4.67. The Morgan fingerprint density at radius 1 is 1.00 bits per heavy atom. The number of benzene rings is 3. The Kier molecular flexibility index (Phi) is 6.31. The summed E-state index contributed by atoms with van der Waals surface area (Å²) in [7, 11) is 0. The average molecular weight is 466 g/mol. The first-order valence-corrected chi connectivity index (χ1v) is 9.84. The van der Waals surface area contributed by atoms with E-state index in [-0.39, 0.29) is 23.0 Å². The quantitative estimate of drug-likeness (QED) is 0.358. The van der Waals surface area contributed by atoms with Crippen LogP contribution in [0.5, 0.6) is 23.0 Å². The highest BCUT2D eigenvalue weighted by molar-refractivity contribution is 9.10. The lowest BCUT2D eigenvalue weighted by Crippen LogP contribution is -2.11. The Morgan fingerprint density at radius 2 is 1.71 bits per heavy atom. The maximum absolute atomic E-state index is 12.8. The molecule has 0 aliphatic rings. The van der Waals surface area contributed by atoms with Gasteiger partial charge in [0.1, 0.15) is 0 Å². The zero-order chi connectivity index (χ0) is 20.3. The summed E-state index contributed by atoms with van der Waals surface area (Å²) in [5.41, 5.74) is 0.366. The van der Waals surface area contributed by atoms with Gasteiger partial charge in [-0.25, -0.2) is 4.79 Å². The second-order valence-electron chi connectivity index (χ2n) is 5.79. The lowest BCUT2D eigenvalue weighted by molar-refractivity contribution is 0.0730. The fourth-order valence-electron chi connectivity index (χ4n) is 2.79. The molecule has 0 aliphatic heterocycles. The van der Waals surface area contributed by atoms with E-state index in [9.17, 15) is 9.90 Å². The molecule has 0 atom stereocenters. The molecule has 0 amide bonds. The SMILES string of the molecule is CCOc1c(OCC)c(OC(=O)c2cccc(Br)c2)c2ccc(Cl)cc2c1O. The Hall–Kier alpha value is -2.44. The number of hydrogen-bond donors (Lipinski definition) is 1. The van der Waals surface area contributed by atoms with Gasteiger partial charge in [-0.15, -0.1) is 0 Å². The highest BCUT2D eigenvalue weighted by atomic mass is 79.9. The predicted octanol–water partition coefficient (Wildman–Crippen LogP) is 5.98. The van der Waals surface area contributed by atoms with Gasteiger partial charge in [-0.1, -0.05) is 33.6 Å². The van der Waals surface area contributed by atoms with Crippen LogP contribution in [0.15, 0.2) is 46.9 Å². The zero-order valence-electron chi connectivity index (χ0n) is 15.3. The summed E-state index contributed by atoms with van der Waals surface area (Å²) in [6.45, 7) is 4.15. The standard InChI is InChI=1S/C21H18BrClO5/c1-3-26-19-17(24)16-11-14(23)8-9-15(16)18(20(19)27-4-2)28-21(25)12-6-5-7-13(22)10-12/h5-11,24H,3-4H2,1-2H3. The van der Waals surface area contributed by atoms with Crippen molar-refractivity contribution in [1.29, 1.82) is 0 Å². The zero-order valence-corrected chi connectivity index (χ0v) is 17.6. The lowest BCUT2D eigenvalue weighted by atomic mass is 10.1. The normalized spacial score (nSPS) is 10.7. The minimum Gasteiger partial charge on any atom is -0.504 e. The number of phenols is 1. The predicted molar refractivity (Wildman–Crippen MR) is 112 cm³/mol. The number of aromatic hydroxyl groups is 1. The fourth-order valence-corrected chi connectivity index (χ4v) is 3.36. The molecular weight excluding hydrogens is 448 g/mol. The van der Waals surface area contributed by atoms with Crippen molar-refractivity contribution in [3.8, 4) is 23.0 Å². The molecule has 0 fully saturated rings. The third kappa shape index (κ3) is 4.03. The molecule has 146 valence electrons. The van der Waals surface area contributed by atoms with Gasteiger partial charge in [0.15, 0.2) is 11.5 Å². The number of hydrogen-bond acceptors (Lipinski definition) is 5. The van der Waals surface area contributed by atoms with Gasteiger partial charge in [0.05, 0.1) is 18.8 Å². The Balaban J connectivity index is 2.22. The molecular formula is C21H18BrClO5. The molecule has 0 saturated heterocycles. The highest BCUT2D eigenvalue weighted by Crippen LogP contribution is 2.51. The van der Waals surface area contributed by atoms with Gasteiger partial charge in [-0.3, -0.25) is 0 Å². The summed E-state index contributed by atoms with van der Waals surface area (Å²) in [5, 5.41) is 12.0. The van der Waals surface area contributed by atoms with Crippen molar-refractivity contribution in [1.82, 2.24) is 0 Å². The highest BCUT2D eigenvalue weighted by Gasteiger charge is 2.25. The maximum atomic E-state index is 12.8. The number of carbonyl (C=O) groups excluding carboxylic acids is 1. The summed E-state index contributed by atoms with van der Waals surface area (Å²) in [6, 6.07) is 11.8. The van der Waals surface area contributed by atoms with E-state index in [1.807, 2.05) is 6.07 Å². The minimum atomic E-state index is -0.563. The smallest absolute Gasteiger partial charge is 0.343 e. The van der Waals surface area contributed by atoms with Gasteiger partial charge < -0.3 is 19.3 Å². The molecule has 0 aromatic heterocycles. The van der Waals surface area contributed by atoms with Crippen LogP contribution in [0.25, 0.3) is 10.8 Å². The Labute approximate surface area is 175 Å². The van der Waals surface area contributed by atoms with Crippen LogP contribution in [0.4, 0.5) is 0 Å². The fraction of sp³-hybridized carbons (Fsp3) is 0.190. The van der Waals surface area contributed by atoms with Gasteiger partial charge in [-0.2, -0.15) is 0 Å². The first-order valence-electron chi connectivity index (χ1n) is 8.67. The second-order valence-corrected chi connectivity index (χ2v) is 7.14. The van der Waals surface area contributed by atoms with Crippen molar-refractivity contribution in [2.24, 2.45) is 0 Å². The molecule has 0 bridgehead atoms. The van der Waals surface area contributed by atoms with Crippen LogP contribution >= 0.6 is 27.5 Å². The third-order valence-electron chi connectivity index (χ3n) is 3.94. The Bertz CT molecular complexity index is 1030. The van der Waals surface area contributed by atoms with Crippen molar-refractivity contribution in [3.05, 3.63) is 57.5 Å². The lowest BCUT2D eigenvalue weighted by Gasteiger charge is -2.19. The van der Waals surface area contributed by atoms with E-state index in [4.69, 9.17) is 25.8 Å². The molecule has 0 heterocycles. The van der Waals surface area contributed by atoms with E-state index in [1.54, 1.807) is 50.2 Å². The van der Waals surface area contributed by atoms with Crippen LogP contribution in [0.2, 0.25) is 5.02 Å².